The van der Waals surface area contributed by atoms with Crippen molar-refractivity contribution in [1.29, 1.82) is 5.26 Å². The lowest BCUT2D eigenvalue weighted by Crippen LogP contribution is -1.95. The number of thiazole rings is 1. The van der Waals surface area contributed by atoms with Gasteiger partial charge in [-0.1, -0.05) is 30.3 Å². The first-order valence-electron chi connectivity index (χ1n) is 7.87. The Bertz CT molecular complexity index is 1060. The zero-order valence-electron chi connectivity index (χ0n) is 13.6. The van der Waals surface area contributed by atoms with Gasteiger partial charge in [-0.2, -0.15) is 5.26 Å². The maximum absolute atomic E-state index is 9.34. The van der Waals surface area contributed by atoms with Gasteiger partial charge in [-0.05, 0) is 29.8 Å². The molecule has 0 radical (unpaired) electrons. The fourth-order valence-electron chi connectivity index (χ4n) is 2.94. The van der Waals surface area contributed by atoms with Crippen LogP contribution in [0.4, 0.5) is 0 Å². The minimum Gasteiger partial charge on any atom is -0.497 e. The largest absolute Gasteiger partial charge is 0.497 e. The molecule has 2 heterocycles. The lowest BCUT2D eigenvalue weighted by molar-refractivity contribution is 0.415. The van der Waals surface area contributed by atoms with Crippen molar-refractivity contribution in [2.24, 2.45) is 0 Å². The molecule has 0 saturated heterocycles. The van der Waals surface area contributed by atoms with Crippen molar-refractivity contribution in [2.45, 2.75) is 6.42 Å². The third-order valence-electron chi connectivity index (χ3n) is 4.14. The maximum Gasteiger partial charge on any atom is 0.194 e. The first kappa shape index (κ1) is 15.4. The minimum absolute atomic E-state index is 0.305. The SMILES string of the molecule is COc1ccc(-c2nc3scc(-c4ccccc4)n3c2CC#N)cc1. The van der Waals surface area contributed by atoms with E-state index in [1.54, 1.807) is 18.4 Å². The number of benzene rings is 2. The van der Waals surface area contributed by atoms with Crippen LogP contribution in [0.25, 0.3) is 27.5 Å². The Morgan fingerprint density at radius 1 is 1.08 bits per heavy atom. The van der Waals surface area contributed by atoms with Gasteiger partial charge in [0.2, 0.25) is 0 Å². The Balaban J connectivity index is 1.92. The molecule has 2 aromatic carbocycles. The third-order valence-corrected chi connectivity index (χ3v) is 4.96. The maximum atomic E-state index is 9.34. The second kappa shape index (κ2) is 6.42. The molecule has 0 spiro atoms. The summed E-state index contributed by atoms with van der Waals surface area (Å²) in [6.07, 6.45) is 0.305. The van der Waals surface area contributed by atoms with E-state index in [-0.39, 0.29) is 0 Å². The molecule has 4 nitrogen and oxygen atoms in total. The summed E-state index contributed by atoms with van der Waals surface area (Å²) in [7, 11) is 1.65. The molecule has 2 aromatic heterocycles. The molecule has 0 saturated carbocycles. The molecule has 0 fully saturated rings. The van der Waals surface area contributed by atoms with Crippen molar-refractivity contribution in [3.63, 3.8) is 0 Å². The molecule has 0 aliphatic heterocycles. The Kier molecular flexibility index (Phi) is 3.96. The van der Waals surface area contributed by atoms with Crippen LogP contribution in [-0.2, 0) is 6.42 Å². The number of methoxy groups -OCH3 is 1. The second-order valence-corrected chi connectivity index (χ2v) is 6.41. The van der Waals surface area contributed by atoms with Gasteiger partial charge in [-0.25, -0.2) is 4.98 Å². The van der Waals surface area contributed by atoms with Crippen LogP contribution in [0.3, 0.4) is 0 Å². The van der Waals surface area contributed by atoms with Crippen LogP contribution in [0.5, 0.6) is 5.75 Å². The fourth-order valence-corrected chi connectivity index (χ4v) is 3.86. The number of hydrogen-bond acceptors (Lipinski definition) is 4. The van der Waals surface area contributed by atoms with E-state index < -0.39 is 0 Å². The highest BCUT2D eigenvalue weighted by atomic mass is 32.1. The molecule has 0 aliphatic rings. The number of imidazole rings is 1. The summed E-state index contributed by atoms with van der Waals surface area (Å²) >= 11 is 1.59. The van der Waals surface area contributed by atoms with Crippen LogP contribution < -0.4 is 4.74 Å². The first-order valence-corrected chi connectivity index (χ1v) is 8.75. The van der Waals surface area contributed by atoms with Gasteiger partial charge < -0.3 is 4.74 Å². The molecule has 0 bridgehead atoms. The van der Waals surface area contributed by atoms with Gasteiger partial charge in [0, 0.05) is 10.9 Å². The van der Waals surface area contributed by atoms with E-state index in [0.717, 1.165) is 38.9 Å². The zero-order chi connectivity index (χ0) is 17.2. The van der Waals surface area contributed by atoms with Crippen LogP contribution >= 0.6 is 11.3 Å². The molecule has 0 aliphatic carbocycles. The van der Waals surface area contributed by atoms with E-state index >= 15 is 0 Å². The van der Waals surface area contributed by atoms with Gasteiger partial charge in [0.1, 0.15) is 5.75 Å². The molecule has 4 aromatic rings. The highest BCUT2D eigenvalue weighted by molar-refractivity contribution is 7.15. The summed E-state index contributed by atoms with van der Waals surface area (Å²) in [6.45, 7) is 0. The van der Waals surface area contributed by atoms with E-state index in [0.29, 0.717) is 6.42 Å². The smallest absolute Gasteiger partial charge is 0.194 e. The first-order chi connectivity index (χ1) is 12.3. The average molecular weight is 345 g/mol. The topological polar surface area (TPSA) is 50.3 Å². The fraction of sp³-hybridized carbons (Fsp3) is 0.100. The van der Waals surface area contributed by atoms with E-state index in [2.05, 4.69) is 28.0 Å². The molecular formula is C20H15N3OS. The van der Waals surface area contributed by atoms with Crippen LogP contribution in [-0.4, -0.2) is 16.5 Å². The van der Waals surface area contributed by atoms with Crippen molar-refractivity contribution in [2.75, 3.05) is 7.11 Å². The second-order valence-electron chi connectivity index (χ2n) is 5.58. The number of ether oxygens (including phenoxy) is 1. The van der Waals surface area contributed by atoms with Crippen molar-refractivity contribution in [1.82, 2.24) is 9.38 Å². The van der Waals surface area contributed by atoms with Crippen LogP contribution in [0.15, 0.2) is 60.0 Å². The summed E-state index contributed by atoms with van der Waals surface area (Å²) in [5, 5.41) is 11.4. The molecule has 0 unspecified atom stereocenters. The van der Waals surface area contributed by atoms with E-state index in [1.807, 2.05) is 42.5 Å². The van der Waals surface area contributed by atoms with Crippen molar-refractivity contribution >= 4 is 16.3 Å². The Labute approximate surface area is 149 Å². The molecule has 25 heavy (non-hydrogen) atoms. The van der Waals surface area contributed by atoms with Crippen molar-refractivity contribution in [3.8, 4) is 34.3 Å². The lowest BCUT2D eigenvalue weighted by Gasteiger charge is -2.05. The summed E-state index contributed by atoms with van der Waals surface area (Å²) in [5.74, 6) is 0.802. The normalized spacial score (nSPS) is 10.7. The summed E-state index contributed by atoms with van der Waals surface area (Å²) in [4.78, 5) is 5.69. The van der Waals surface area contributed by atoms with Gasteiger partial charge >= 0.3 is 0 Å². The standard InChI is InChI=1S/C20H15N3OS/c1-24-16-9-7-15(8-10-16)19-17(11-12-21)23-18(13-25-20(23)22-19)14-5-3-2-4-6-14/h2-10,13H,11H2,1H3. The molecule has 0 amide bonds. The molecule has 122 valence electrons. The molecule has 0 N–H and O–H groups in total. The van der Waals surface area contributed by atoms with Crippen molar-refractivity contribution < 1.29 is 4.74 Å². The predicted octanol–water partition coefficient (Wildman–Crippen LogP) is 4.80. The van der Waals surface area contributed by atoms with Crippen LogP contribution in [0, 0.1) is 11.3 Å². The number of nitrogens with zero attached hydrogens (tertiary/aromatic N) is 3. The van der Waals surface area contributed by atoms with Gasteiger partial charge in [-0.3, -0.25) is 4.40 Å². The van der Waals surface area contributed by atoms with Crippen LogP contribution in [0.2, 0.25) is 0 Å². The van der Waals surface area contributed by atoms with E-state index in [9.17, 15) is 5.26 Å². The lowest BCUT2D eigenvalue weighted by atomic mass is 10.1. The molecular weight excluding hydrogens is 330 g/mol. The highest BCUT2D eigenvalue weighted by Crippen LogP contribution is 2.33. The Morgan fingerprint density at radius 3 is 2.52 bits per heavy atom. The number of rotatable bonds is 4. The highest BCUT2D eigenvalue weighted by Gasteiger charge is 2.18. The average Bonchev–Trinajstić information content (AvgIpc) is 3.23. The summed E-state index contributed by atoms with van der Waals surface area (Å²) in [6, 6.07) is 20.3. The van der Waals surface area contributed by atoms with Gasteiger partial charge in [-0.15, -0.1) is 11.3 Å². The number of fused-ring (bicyclic) bond motifs is 1. The Morgan fingerprint density at radius 2 is 1.84 bits per heavy atom. The van der Waals surface area contributed by atoms with E-state index in [4.69, 9.17) is 9.72 Å². The summed E-state index contributed by atoms with van der Waals surface area (Å²) in [5.41, 5.74) is 4.95. The van der Waals surface area contributed by atoms with E-state index in [1.165, 1.54) is 0 Å². The Hall–Kier alpha value is -3.10. The number of nitriles is 1. The molecule has 4 rings (SSSR count). The van der Waals surface area contributed by atoms with Gasteiger partial charge in [0.05, 0.1) is 36.7 Å². The van der Waals surface area contributed by atoms with Crippen LogP contribution in [0.1, 0.15) is 5.69 Å². The predicted molar refractivity (Wildman–Crippen MR) is 99.8 cm³/mol. The molecule has 0 atom stereocenters. The monoisotopic (exact) mass is 345 g/mol. The summed E-state index contributed by atoms with van der Waals surface area (Å²) < 4.78 is 7.33. The van der Waals surface area contributed by atoms with Crippen molar-refractivity contribution in [3.05, 3.63) is 65.7 Å². The quantitative estimate of drug-likeness (QED) is 0.533. The van der Waals surface area contributed by atoms with Gasteiger partial charge in [0.15, 0.2) is 4.96 Å². The zero-order valence-corrected chi connectivity index (χ0v) is 14.5. The molecule has 5 heteroatoms. The third kappa shape index (κ3) is 2.67. The number of hydrogen-bond donors (Lipinski definition) is 0. The van der Waals surface area contributed by atoms with Gasteiger partial charge in [0.25, 0.3) is 0 Å². The minimum atomic E-state index is 0.305. The number of aromatic nitrogens is 2.